The molecule has 14 heteroatoms. The van der Waals surface area contributed by atoms with Gasteiger partial charge in [-0.1, -0.05) is 80.6 Å². The SMILES string of the molecule is [B]C(O)(Cn1c(C(C)(C)COCc2ccccc2)cc2cc(NC(=O)C3(c4ccc5c(c4)OC(F)(F)O5)CC3)c(F)cc21)C([B])([B])OCc1ccccc1. The average molecular weight is 730 g/mol. The topological polar surface area (TPSA) is 91.2 Å². The third-order valence-electron chi connectivity index (χ3n) is 10.0. The maximum absolute atomic E-state index is 16.1. The average Bonchev–Trinajstić information content (AvgIpc) is 3.78. The van der Waals surface area contributed by atoms with Gasteiger partial charge >= 0.3 is 6.29 Å². The van der Waals surface area contributed by atoms with Crippen LogP contribution in [0.25, 0.3) is 10.9 Å². The Balaban J connectivity index is 1.19. The van der Waals surface area contributed by atoms with Crippen LogP contribution in [0, 0.1) is 5.82 Å². The van der Waals surface area contributed by atoms with Crippen LogP contribution in [0.1, 0.15) is 49.1 Å². The number of halogens is 3. The fourth-order valence-electron chi connectivity index (χ4n) is 6.71. The molecule has 2 heterocycles. The van der Waals surface area contributed by atoms with Crippen LogP contribution < -0.4 is 14.8 Å². The van der Waals surface area contributed by atoms with E-state index in [1.807, 2.05) is 74.5 Å². The monoisotopic (exact) mass is 730 g/mol. The van der Waals surface area contributed by atoms with Gasteiger partial charge in [-0.25, -0.2) is 4.39 Å². The van der Waals surface area contributed by atoms with Crippen molar-refractivity contribution in [1.82, 2.24) is 4.57 Å². The van der Waals surface area contributed by atoms with Crippen molar-refractivity contribution in [2.24, 2.45) is 0 Å². The summed E-state index contributed by atoms with van der Waals surface area (Å²) in [5.74, 6) is -1.60. The number of fused-ring (bicyclic) bond motifs is 2. The fourth-order valence-corrected chi connectivity index (χ4v) is 6.71. The number of benzene rings is 4. The summed E-state index contributed by atoms with van der Waals surface area (Å²) >= 11 is 0. The van der Waals surface area contributed by atoms with Crippen LogP contribution in [0.3, 0.4) is 0 Å². The van der Waals surface area contributed by atoms with E-state index in [9.17, 15) is 18.7 Å². The van der Waals surface area contributed by atoms with Crippen LogP contribution in [0.2, 0.25) is 0 Å². The zero-order valence-electron chi connectivity index (χ0n) is 29.8. The Hall–Kier alpha value is -4.65. The van der Waals surface area contributed by atoms with E-state index in [-0.39, 0.29) is 30.4 Å². The second-order valence-corrected chi connectivity index (χ2v) is 14.7. The van der Waals surface area contributed by atoms with Gasteiger partial charge in [0.2, 0.25) is 5.91 Å². The van der Waals surface area contributed by atoms with Crippen LogP contribution in [0.5, 0.6) is 11.5 Å². The van der Waals surface area contributed by atoms with Crippen molar-refractivity contribution in [1.29, 1.82) is 0 Å². The summed E-state index contributed by atoms with van der Waals surface area (Å²) in [6, 6.07) is 27.5. The number of nitrogens with zero attached hydrogens (tertiary/aromatic N) is 1. The number of ether oxygens (including phenoxy) is 4. The highest BCUT2D eigenvalue weighted by atomic mass is 19.3. The van der Waals surface area contributed by atoms with E-state index >= 15 is 4.39 Å². The Morgan fingerprint density at radius 2 is 1.52 bits per heavy atom. The molecular weight excluding hydrogens is 694 g/mol. The molecule has 6 radical (unpaired) electrons. The molecule has 2 N–H and O–H groups in total. The number of amides is 1. The summed E-state index contributed by atoms with van der Waals surface area (Å²) in [6.07, 6.45) is -2.98. The fraction of sp³-hybridized carbons (Fsp3) is 0.325. The van der Waals surface area contributed by atoms with Crippen molar-refractivity contribution in [2.75, 3.05) is 11.9 Å². The van der Waals surface area contributed by atoms with Crippen LogP contribution in [0.15, 0.2) is 97.1 Å². The molecule has 8 nitrogen and oxygen atoms in total. The molecule has 4 aromatic carbocycles. The highest BCUT2D eigenvalue weighted by Crippen LogP contribution is 2.52. The van der Waals surface area contributed by atoms with E-state index in [2.05, 4.69) is 14.8 Å². The Kier molecular flexibility index (Phi) is 9.69. The number of alkyl halides is 2. The Labute approximate surface area is 315 Å². The van der Waals surface area contributed by atoms with Gasteiger partial charge in [0, 0.05) is 34.5 Å². The van der Waals surface area contributed by atoms with Gasteiger partial charge in [-0.2, -0.15) is 0 Å². The standard InChI is InChI=1S/C40H36B3F3N2O6/c1-36(2,24-51-21-25-9-5-3-6-10-25)34-18-27-17-30(47-35(49)37(15-16-37)28-13-14-32-33(19-28)54-40(45,46)53-32)29(44)20-31(27)48(34)23-38(41,50)39(42,43)52-22-26-11-7-4-8-12-26/h3-14,17-20,50H,15-16,21-24H2,1-2H3,(H,47,49). The molecule has 1 aliphatic carbocycles. The van der Waals surface area contributed by atoms with Crippen molar-refractivity contribution in [3.63, 3.8) is 0 Å². The minimum absolute atomic E-state index is 0.0383. The van der Waals surface area contributed by atoms with Gasteiger partial charge in [0.1, 0.15) is 29.4 Å². The summed E-state index contributed by atoms with van der Waals surface area (Å²) in [5, 5.41) is 12.6. The molecule has 1 atom stereocenters. The second kappa shape index (κ2) is 13.9. The molecule has 0 saturated heterocycles. The lowest BCUT2D eigenvalue weighted by Gasteiger charge is -2.43. The van der Waals surface area contributed by atoms with Crippen molar-refractivity contribution < 1.29 is 42.0 Å². The van der Waals surface area contributed by atoms with E-state index in [1.54, 1.807) is 10.6 Å². The summed E-state index contributed by atoms with van der Waals surface area (Å²) in [5.41, 5.74) is -1.19. The molecule has 0 spiro atoms. The van der Waals surface area contributed by atoms with E-state index < -0.39 is 46.3 Å². The first-order chi connectivity index (χ1) is 25.5. The molecule has 7 rings (SSSR count). The van der Waals surface area contributed by atoms with E-state index in [0.29, 0.717) is 41.6 Å². The minimum atomic E-state index is -3.80. The highest BCUT2D eigenvalue weighted by molar-refractivity contribution is 6.44. The van der Waals surface area contributed by atoms with Gasteiger partial charge in [-0.3, -0.25) is 4.79 Å². The zero-order chi connectivity index (χ0) is 38.5. The van der Waals surface area contributed by atoms with Gasteiger partial charge in [0.25, 0.3) is 0 Å². The zero-order valence-corrected chi connectivity index (χ0v) is 29.8. The summed E-state index contributed by atoms with van der Waals surface area (Å²) in [6.45, 7) is 3.97. The van der Waals surface area contributed by atoms with Crippen LogP contribution in [-0.4, -0.2) is 62.9 Å². The van der Waals surface area contributed by atoms with Crippen molar-refractivity contribution in [2.45, 2.75) is 74.5 Å². The lowest BCUT2D eigenvalue weighted by Crippen LogP contribution is -2.60. The van der Waals surface area contributed by atoms with Crippen LogP contribution in [-0.2, 0) is 44.9 Å². The van der Waals surface area contributed by atoms with E-state index in [4.69, 9.17) is 33.0 Å². The Morgan fingerprint density at radius 1 is 0.889 bits per heavy atom. The lowest BCUT2D eigenvalue weighted by molar-refractivity contribution is -0.286. The van der Waals surface area contributed by atoms with Gasteiger partial charge < -0.3 is 33.9 Å². The number of nitrogens with one attached hydrogen (secondary N) is 1. The first-order valence-corrected chi connectivity index (χ1v) is 17.4. The van der Waals surface area contributed by atoms with Gasteiger partial charge in [0.15, 0.2) is 11.5 Å². The van der Waals surface area contributed by atoms with Crippen LogP contribution in [0.4, 0.5) is 18.9 Å². The second-order valence-electron chi connectivity index (χ2n) is 14.7. The van der Waals surface area contributed by atoms with Crippen molar-refractivity contribution in [3.8, 4) is 11.5 Å². The highest BCUT2D eigenvalue weighted by Gasteiger charge is 2.53. The summed E-state index contributed by atoms with van der Waals surface area (Å²) in [7, 11) is 19.1. The largest absolute Gasteiger partial charge is 0.586 e. The van der Waals surface area contributed by atoms with Gasteiger partial charge in [-0.15, -0.1) is 8.78 Å². The minimum Gasteiger partial charge on any atom is -0.397 e. The maximum atomic E-state index is 16.1. The molecule has 5 aromatic rings. The normalized spacial score (nSPS) is 16.9. The molecule has 54 heavy (non-hydrogen) atoms. The Bertz CT molecular complexity index is 2180. The lowest BCUT2D eigenvalue weighted by atomic mass is 9.49. The smallest absolute Gasteiger partial charge is 0.397 e. The number of aromatic nitrogens is 1. The first kappa shape index (κ1) is 37.7. The number of carbonyl (C=O) groups excluding carboxylic acids is 1. The van der Waals surface area contributed by atoms with Crippen molar-refractivity contribution >= 4 is 46.0 Å². The molecule has 272 valence electrons. The van der Waals surface area contributed by atoms with E-state index in [1.165, 1.54) is 30.3 Å². The summed E-state index contributed by atoms with van der Waals surface area (Å²) < 4.78 is 66.0. The van der Waals surface area contributed by atoms with Gasteiger partial charge in [-0.05, 0) is 53.8 Å². The van der Waals surface area contributed by atoms with Gasteiger partial charge in [0.05, 0.1) is 41.9 Å². The third-order valence-corrected chi connectivity index (χ3v) is 10.0. The molecule has 1 aromatic heterocycles. The number of hydrogen-bond donors (Lipinski definition) is 2. The quantitative estimate of drug-likeness (QED) is 0.130. The molecule has 0 bridgehead atoms. The number of rotatable bonds is 14. The number of anilines is 1. The number of hydrogen-bond acceptors (Lipinski definition) is 6. The molecule has 1 aliphatic heterocycles. The molecule has 2 aliphatic rings. The maximum Gasteiger partial charge on any atom is 0.586 e. The number of carbonyl (C=O) groups is 1. The first-order valence-electron chi connectivity index (χ1n) is 17.4. The molecule has 1 amide bonds. The van der Waals surface area contributed by atoms with Crippen LogP contribution >= 0.6 is 0 Å². The molecule has 1 saturated carbocycles. The molecule has 1 unspecified atom stereocenters. The predicted octanol–water partition coefficient (Wildman–Crippen LogP) is 6.33. The predicted molar refractivity (Wildman–Crippen MR) is 199 cm³/mol. The summed E-state index contributed by atoms with van der Waals surface area (Å²) in [4.78, 5) is 13.7. The molecule has 1 fully saturated rings. The third kappa shape index (κ3) is 7.52. The van der Waals surface area contributed by atoms with E-state index in [0.717, 1.165) is 11.1 Å². The number of aliphatic hydroxyl groups is 1. The Morgan fingerprint density at radius 3 is 2.17 bits per heavy atom. The molecular formula is C40H36B3F3N2O6. The van der Waals surface area contributed by atoms with Crippen molar-refractivity contribution in [3.05, 3.63) is 125 Å².